The van der Waals surface area contributed by atoms with Crippen LogP contribution < -0.4 is 4.90 Å². The monoisotopic (exact) mass is 653 g/mol. The van der Waals surface area contributed by atoms with Gasteiger partial charge in [-0.3, -0.25) is 0 Å². The van der Waals surface area contributed by atoms with E-state index in [1.54, 1.807) is 0 Å². The van der Waals surface area contributed by atoms with Crippen molar-refractivity contribution in [1.82, 2.24) is 0 Å². The third-order valence-corrected chi connectivity index (χ3v) is 11.1. The lowest BCUT2D eigenvalue weighted by Gasteiger charge is -2.27. The summed E-state index contributed by atoms with van der Waals surface area (Å²) in [6, 6.07) is 68.9. The van der Waals surface area contributed by atoms with Gasteiger partial charge in [0, 0.05) is 31.5 Å². The number of rotatable bonds is 5. The van der Waals surface area contributed by atoms with Crippen LogP contribution in [-0.2, 0) is 0 Å². The third-order valence-electron chi connectivity index (χ3n) is 9.97. The molecule has 9 aromatic carbocycles. The summed E-state index contributed by atoms with van der Waals surface area (Å²) >= 11 is 1.86. The number of anilines is 3. The minimum Gasteiger partial charge on any atom is -0.310 e. The first-order valence-corrected chi connectivity index (χ1v) is 17.9. The molecule has 10 rings (SSSR count). The second kappa shape index (κ2) is 11.7. The van der Waals surface area contributed by atoms with E-state index in [2.05, 4.69) is 193 Å². The van der Waals surface area contributed by atoms with Crippen LogP contribution in [0.25, 0.3) is 74.7 Å². The highest BCUT2D eigenvalue weighted by molar-refractivity contribution is 7.26. The Morgan fingerprint density at radius 3 is 1.54 bits per heavy atom. The lowest BCUT2D eigenvalue weighted by atomic mass is 9.96. The molecule has 0 saturated carbocycles. The van der Waals surface area contributed by atoms with Crippen LogP contribution in [0.4, 0.5) is 17.1 Å². The summed E-state index contributed by atoms with van der Waals surface area (Å²) in [6.07, 6.45) is 0. The van der Waals surface area contributed by atoms with Gasteiger partial charge >= 0.3 is 0 Å². The zero-order valence-electron chi connectivity index (χ0n) is 27.3. The van der Waals surface area contributed by atoms with Crippen LogP contribution in [-0.4, -0.2) is 0 Å². The number of fused-ring (bicyclic) bond motifs is 6. The first-order valence-electron chi connectivity index (χ1n) is 17.1. The van der Waals surface area contributed by atoms with Gasteiger partial charge in [-0.25, -0.2) is 0 Å². The summed E-state index contributed by atoms with van der Waals surface area (Å²) in [5.74, 6) is 0. The predicted molar refractivity (Wildman–Crippen MR) is 217 cm³/mol. The van der Waals surface area contributed by atoms with Crippen molar-refractivity contribution in [3.63, 3.8) is 0 Å². The quantitative estimate of drug-likeness (QED) is 0.179. The van der Waals surface area contributed by atoms with Gasteiger partial charge in [0.2, 0.25) is 0 Å². The van der Waals surface area contributed by atoms with E-state index in [1.165, 1.54) is 80.4 Å². The topological polar surface area (TPSA) is 3.24 Å². The van der Waals surface area contributed by atoms with Crippen LogP contribution in [0.3, 0.4) is 0 Å². The normalized spacial score (nSPS) is 11.6. The Kier molecular flexibility index (Phi) is 6.75. The van der Waals surface area contributed by atoms with Gasteiger partial charge in [-0.15, -0.1) is 11.3 Å². The summed E-state index contributed by atoms with van der Waals surface area (Å²) in [7, 11) is 0. The molecule has 0 aliphatic rings. The largest absolute Gasteiger partial charge is 0.310 e. The fourth-order valence-electron chi connectivity index (χ4n) is 7.48. The number of hydrogen-bond donors (Lipinski definition) is 0. The SMILES string of the molecule is c1cc(-c2ccc3cc(-c4ccc5ccccc5c4)ccc3c2)cc(N(c2ccc3ccccc3c2)c2cccc3sc4ccccc4c23)c1. The average molecular weight is 654 g/mol. The van der Waals surface area contributed by atoms with Crippen LogP contribution in [0.15, 0.2) is 188 Å². The summed E-state index contributed by atoms with van der Waals surface area (Å²) in [5, 5.41) is 10.1. The molecule has 234 valence electrons. The average Bonchev–Trinajstić information content (AvgIpc) is 3.57. The Labute approximate surface area is 294 Å². The van der Waals surface area contributed by atoms with Crippen molar-refractivity contribution in [2.75, 3.05) is 4.90 Å². The molecular formula is C48H31NS. The molecule has 0 aliphatic carbocycles. The van der Waals surface area contributed by atoms with Crippen molar-refractivity contribution < 1.29 is 0 Å². The molecule has 0 spiro atoms. The Hall–Kier alpha value is -6.22. The Morgan fingerprint density at radius 2 is 0.820 bits per heavy atom. The van der Waals surface area contributed by atoms with Crippen molar-refractivity contribution in [1.29, 1.82) is 0 Å². The molecule has 1 nitrogen and oxygen atoms in total. The highest BCUT2D eigenvalue weighted by Gasteiger charge is 2.19. The maximum Gasteiger partial charge on any atom is 0.0554 e. The van der Waals surface area contributed by atoms with E-state index >= 15 is 0 Å². The molecular weight excluding hydrogens is 623 g/mol. The lowest BCUT2D eigenvalue weighted by molar-refractivity contribution is 1.31. The molecule has 10 aromatic rings. The van der Waals surface area contributed by atoms with Crippen LogP contribution >= 0.6 is 11.3 Å². The van der Waals surface area contributed by atoms with Crippen molar-refractivity contribution >= 4 is 80.9 Å². The predicted octanol–water partition coefficient (Wildman–Crippen LogP) is 14.3. The highest BCUT2D eigenvalue weighted by Crippen LogP contribution is 2.45. The molecule has 0 radical (unpaired) electrons. The summed E-state index contributed by atoms with van der Waals surface area (Å²) in [5.41, 5.74) is 8.33. The van der Waals surface area contributed by atoms with E-state index in [0.717, 1.165) is 11.4 Å². The van der Waals surface area contributed by atoms with Gasteiger partial charge < -0.3 is 4.90 Å². The molecule has 0 N–H and O–H groups in total. The number of thiophene rings is 1. The second-order valence-electron chi connectivity index (χ2n) is 13.0. The smallest absolute Gasteiger partial charge is 0.0554 e. The Morgan fingerprint density at radius 1 is 0.320 bits per heavy atom. The first-order chi connectivity index (χ1) is 24.7. The second-order valence-corrected chi connectivity index (χ2v) is 14.1. The molecule has 0 amide bonds. The minimum atomic E-state index is 1.13. The van der Waals surface area contributed by atoms with Crippen LogP contribution in [0, 0.1) is 0 Å². The lowest BCUT2D eigenvalue weighted by Crippen LogP contribution is -2.10. The van der Waals surface area contributed by atoms with Gasteiger partial charge in [0.25, 0.3) is 0 Å². The maximum atomic E-state index is 2.44. The first kappa shape index (κ1) is 28.8. The molecule has 0 bridgehead atoms. The van der Waals surface area contributed by atoms with Crippen LogP contribution in [0.2, 0.25) is 0 Å². The van der Waals surface area contributed by atoms with Gasteiger partial charge in [0.1, 0.15) is 0 Å². The van der Waals surface area contributed by atoms with E-state index in [-0.39, 0.29) is 0 Å². The third kappa shape index (κ3) is 4.92. The highest BCUT2D eigenvalue weighted by atomic mass is 32.1. The fourth-order valence-corrected chi connectivity index (χ4v) is 8.61. The zero-order valence-corrected chi connectivity index (χ0v) is 28.1. The molecule has 0 atom stereocenters. The van der Waals surface area contributed by atoms with Gasteiger partial charge in [-0.1, -0.05) is 127 Å². The summed E-state index contributed by atoms with van der Waals surface area (Å²) < 4.78 is 2.60. The molecule has 1 heterocycles. The molecule has 0 fully saturated rings. The molecule has 0 saturated heterocycles. The van der Waals surface area contributed by atoms with E-state index < -0.39 is 0 Å². The zero-order chi connectivity index (χ0) is 33.0. The van der Waals surface area contributed by atoms with Gasteiger partial charge in [-0.2, -0.15) is 0 Å². The van der Waals surface area contributed by atoms with E-state index in [4.69, 9.17) is 0 Å². The molecule has 50 heavy (non-hydrogen) atoms. The molecule has 2 heteroatoms. The molecule has 0 unspecified atom stereocenters. The van der Waals surface area contributed by atoms with Crippen molar-refractivity contribution in [3.8, 4) is 22.3 Å². The number of hydrogen-bond acceptors (Lipinski definition) is 2. The Balaban J connectivity index is 1.09. The Bertz CT molecular complexity index is 2900. The van der Waals surface area contributed by atoms with Crippen LogP contribution in [0.1, 0.15) is 0 Å². The van der Waals surface area contributed by atoms with E-state index in [1.807, 2.05) is 11.3 Å². The minimum absolute atomic E-state index is 1.13. The number of benzene rings is 9. The number of nitrogens with zero attached hydrogens (tertiary/aromatic N) is 1. The van der Waals surface area contributed by atoms with Gasteiger partial charge in [-0.05, 0) is 115 Å². The van der Waals surface area contributed by atoms with Crippen molar-refractivity contribution in [2.24, 2.45) is 0 Å². The fraction of sp³-hybridized carbons (Fsp3) is 0. The van der Waals surface area contributed by atoms with Gasteiger partial charge in [0.05, 0.1) is 5.69 Å². The molecule has 1 aromatic heterocycles. The standard InChI is InChI=1S/C48H31NS/c1-3-11-34-27-38(20-19-32(34)9-1)40-24-23-39-28-37(21-22-41(39)29-40)36-13-7-14-42(31-36)49(43-26-25-33-10-2-4-12-35(33)30-43)45-16-8-18-47-48(45)44-15-5-6-17-46(44)50-47/h1-31H. The molecule has 0 aliphatic heterocycles. The van der Waals surface area contributed by atoms with E-state index in [9.17, 15) is 0 Å². The van der Waals surface area contributed by atoms with E-state index in [0.29, 0.717) is 0 Å². The summed E-state index contributed by atoms with van der Waals surface area (Å²) in [6.45, 7) is 0. The van der Waals surface area contributed by atoms with Crippen molar-refractivity contribution in [3.05, 3.63) is 188 Å². The van der Waals surface area contributed by atoms with Gasteiger partial charge in [0.15, 0.2) is 0 Å². The van der Waals surface area contributed by atoms with Crippen molar-refractivity contribution in [2.45, 2.75) is 0 Å². The van der Waals surface area contributed by atoms with Crippen LogP contribution in [0.5, 0.6) is 0 Å². The summed E-state index contributed by atoms with van der Waals surface area (Å²) in [4.78, 5) is 2.44. The maximum absolute atomic E-state index is 2.44.